The second-order valence-electron chi connectivity index (χ2n) is 1.56. The Morgan fingerprint density at radius 1 is 1.62 bits per heavy atom. The normalized spacial score (nSPS) is 12.9. The van der Waals surface area contributed by atoms with Crippen LogP contribution < -0.4 is 5.14 Å². The largest absolute Gasteiger partial charge is 0.274 e. The van der Waals surface area contributed by atoms with Crippen LogP contribution in [0.3, 0.4) is 0 Å². The van der Waals surface area contributed by atoms with Crippen molar-refractivity contribution in [1.82, 2.24) is 0 Å². The minimum Gasteiger partial charge on any atom is -0.274 e. The van der Waals surface area contributed by atoms with Crippen LogP contribution in [0.5, 0.6) is 0 Å². The Bertz CT molecular complexity index is 116. The SMILES string of the molecule is C=C/C(C)=C(/C)SN. The summed E-state index contributed by atoms with van der Waals surface area (Å²) >= 11 is 1.27. The lowest BCUT2D eigenvalue weighted by molar-refractivity contribution is 1.45. The molecule has 2 N–H and O–H groups in total. The second-order valence-corrected chi connectivity index (χ2v) is 2.41. The molecule has 2 heteroatoms. The first-order chi connectivity index (χ1) is 3.72. The molecule has 0 aromatic rings. The lowest BCUT2D eigenvalue weighted by atomic mass is 10.3. The van der Waals surface area contributed by atoms with Gasteiger partial charge in [0.05, 0.1) is 0 Å². The Kier molecular flexibility index (Phi) is 3.65. The third kappa shape index (κ3) is 2.19. The monoisotopic (exact) mass is 129 g/mol. The van der Waals surface area contributed by atoms with E-state index in [1.54, 1.807) is 6.08 Å². The third-order valence-electron chi connectivity index (χ3n) is 1.04. The van der Waals surface area contributed by atoms with Gasteiger partial charge in [0.15, 0.2) is 0 Å². The number of hydrogen-bond donors (Lipinski definition) is 1. The zero-order valence-corrected chi connectivity index (χ0v) is 6.09. The van der Waals surface area contributed by atoms with E-state index in [2.05, 4.69) is 6.58 Å². The van der Waals surface area contributed by atoms with Crippen molar-refractivity contribution in [2.24, 2.45) is 5.14 Å². The molecule has 0 amide bonds. The molecule has 0 aliphatic carbocycles. The van der Waals surface area contributed by atoms with Gasteiger partial charge in [0.2, 0.25) is 0 Å². The van der Waals surface area contributed by atoms with Crippen molar-refractivity contribution in [2.75, 3.05) is 0 Å². The summed E-state index contributed by atoms with van der Waals surface area (Å²) in [6.45, 7) is 7.57. The maximum Gasteiger partial charge on any atom is -0.000102 e. The average Bonchev–Trinajstić information content (AvgIpc) is 1.84. The molecule has 0 unspecified atom stereocenters. The van der Waals surface area contributed by atoms with Gasteiger partial charge in [-0.1, -0.05) is 24.6 Å². The zero-order chi connectivity index (χ0) is 6.57. The summed E-state index contributed by atoms with van der Waals surface area (Å²) in [5, 5.41) is 5.26. The summed E-state index contributed by atoms with van der Waals surface area (Å²) in [5.74, 6) is 0. The molecule has 0 aromatic carbocycles. The standard InChI is InChI=1S/C6H11NS/c1-4-5(2)6(3)8-7/h4H,1,7H2,2-3H3/b6-5-. The van der Waals surface area contributed by atoms with Crippen LogP contribution in [0.25, 0.3) is 0 Å². The van der Waals surface area contributed by atoms with Gasteiger partial charge in [-0.2, -0.15) is 0 Å². The quantitative estimate of drug-likeness (QED) is 0.456. The molecule has 0 heterocycles. The Morgan fingerprint density at radius 2 is 2.12 bits per heavy atom. The molecule has 0 radical (unpaired) electrons. The van der Waals surface area contributed by atoms with Gasteiger partial charge < -0.3 is 0 Å². The molecule has 0 atom stereocenters. The van der Waals surface area contributed by atoms with Gasteiger partial charge >= 0.3 is 0 Å². The molecular weight excluding hydrogens is 118 g/mol. The highest BCUT2D eigenvalue weighted by atomic mass is 32.2. The molecule has 8 heavy (non-hydrogen) atoms. The third-order valence-corrected chi connectivity index (χ3v) is 1.71. The molecule has 0 aliphatic heterocycles. The first kappa shape index (κ1) is 7.79. The Labute approximate surface area is 54.8 Å². The van der Waals surface area contributed by atoms with Crippen molar-refractivity contribution in [2.45, 2.75) is 13.8 Å². The van der Waals surface area contributed by atoms with Gasteiger partial charge in [0, 0.05) is 0 Å². The summed E-state index contributed by atoms with van der Waals surface area (Å²) in [6, 6.07) is 0. The first-order valence-electron chi connectivity index (χ1n) is 2.39. The minimum atomic E-state index is 1.13. The Morgan fingerprint density at radius 3 is 2.25 bits per heavy atom. The maximum absolute atomic E-state index is 5.26. The lowest BCUT2D eigenvalue weighted by Gasteiger charge is -1.95. The molecule has 0 bridgehead atoms. The van der Waals surface area contributed by atoms with Gasteiger partial charge in [-0.3, -0.25) is 5.14 Å². The molecule has 46 valence electrons. The van der Waals surface area contributed by atoms with Gasteiger partial charge in [-0.15, -0.1) is 0 Å². The number of allylic oxidation sites excluding steroid dienone is 3. The van der Waals surface area contributed by atoms with Crippen LogP contribution in [0.4, 0.5) is 0 Å². The summed E-state index contributed by atoms with van der Waals surface area (Å²) in [5.41, 5.74) is 1.15. The van der Waals surface area contributed by atoms with E-state index in [0.717, 1.165) is 10.5 Å². The molecule has 0 aliphatic rings. The Hall–Kier alpha value is -0.210. The molecule has 0 aromatic heterocycles. The van der Waals surface area contributed by atoms with Gasteiger partial charge in [0.25, 0.3) is 0 Å². The smallest absolute Gasteiger partial charge is 0.000102 e. The van der Waals surface area contributed by atoms with Crippen molar-refractivity contribution in [3.05, 3.63) is 23.1 Å². The van der Waals surface area contributed by atoms with E-state index >= 15 is 0 Å². The zero-order valence-electron chi connectivity index (χ0n) is 5.27. The van der Waals surface area contributed by atoms with Crippen LogP contribution in [0.15, 0.2) is 23.1 Å². The van der Waals surface area contributed by atoms with Crippen LogP contribution in [0.1, 0.15) is 13.8 Å². The molecule has 1 nitrogen and oxygen atoms in total. The van der Waals surface area contributed by atoms with Crippen LogP contribution >= 0.6 is 11.9 Å². The van der Waals surface area contributed by atoms with Gasteiger partial charge in [-0.05, 0) is 24.3 Å². The summed E-state index contributed by atoms with van der Waals surface area (Å²) in [6.07, 6.45) is 1.80. The number of nitrogens with two attached hydrogens (primary N) is 1. The van der Waals surface area contributed by atoms with Gasteiger partial charge in [0.1, 0.15) is 0 Å². The summed E-state index contributed by atoms with van der Waals surface area (Å²) in [7, 11) is 0. The van der Waals surface area contributed by atoms with Crippen LogP contribution in [0.2, 0.25) is 0 Å². The predicted molar refractivity (Wildman–Crippen MR) is 40.3 cm³/mol. The fourth-order valence-electron chi connectivity index (χ4n) is 0.237. The molecule has 0 fully saturated rings. The highest BCUT2D eigenvalue weighted by Crippen LogP contribution is 2.12. The number of hydrogen-bond acceptors (Lipinski definition) is 2. The van der Waals surface area contributed by atoms with Crippen LogP contribution in [-0.2, 0) is 0 Å². The molecule has 0 spiro atoms. The van der Waals surface area contributed by atoms with Gasteiger partial charge in [-0.25, -0.2) is 0 Å². The van der Waals surface area contributed by atoms with Crippen molar-refractivity contribution in [1.29, 1.82) is 0 Å². The fraction of sp³-hybridized carbons (Fsp3) is 0.333. The average molecular weight is 129 g/mol. The second kappa shape index (κ2) is 3.75. The van der Waals surface area contributed by atoms with E-state index in [4.69, 9.17) is 5.14 Å². The molecule has 0 rings (SSSR count). The highest BCUT2D eigenvalue weighted by molar-refractivity contribution is 8.00. The molecule has 0 saturated carbocycles. The number of rotatable bonds is 2. The summed E-state index contributed by atoms with van der Waals surface area (Å²) < 4.78 is 0. The predicted octanol–water partition coefficient (Wildman–Crippen LogP) is 2.07. The van der Waals surface area contributed by atoms with E-state index in [9.17, 15) is 0 Å². The van der Waals surface area contributed by atoms with E-state index in [1.807, 2.05) is 13.8 Å². The van der Waals surface area contributed by atoms with Crippen molar-refractivity contribution >= 4 is 11.9 Å². The topological polar surface area (TPSA) is 26.0 Å². The van der Waals surface area contributed by atoms with Crippen LogP contribution in [0, 0.1) is 0 Å². The Balaban J connectivity index is 4.03. The first-order valence-corrected chi connectivity index (χ1v) is 3.27. The van der Waals surface area contributed by atoms with Crippen molar-refractivity contribution in [3.63, 3.8) is 0 Å². The fourth-order valence-corrected chi connectivity index (χ4v) is 0.506. The summed E-state index contributed by atoms with van der Waals surface area (Å²) in [4.78, 5) is 1.13. The van der Waals surface area contributed by atoms with Crippen molar-refractivity contribution < 1.29 is 0 Å². The van der Waals surface area contributed by atoms with Crippen molar-refractivity contribution in [3.8, 4) is 0 Å². The maximum atomic E-state index is 5.26. The van der Waals surface area contributed by atoms with Crippen LogP contribution in [-0.4, -0.2) is 0 Å². The lowest BCUT2D eigenvalue weighted by Crippen LogP contribution is -1.80. The molecule has 0 saturated heterocycles. The van der Waals surface area contributed by atoms with E-state index in [1.165, 1.54) is 11.9 Å². The minimum absolute atomic E-state index is 1.13. The van der Waals surface area contributed by atoms with E-state index in [-0.39, 0.29) is 0 Å². The van der Waals surface area contributed by atoms with E-state index in [0.29, 0.717) is 0 Å². The highest BCUT2D eigenvalue weighted by Gasteiger charge is 1.87. The van der Waals surface area contributed by atoms with E-state index < -0.39 is 0 Å². The molecular formula is C6H11NS.